The highest BCUT2D eigenvalue weighted by Gasteiger charge is 2.10. The third-order valence-corrected chi connectivity index (χ3v) is 2.32. The SMILES string of the molecule is CCC(CCO)NC(C)CC(C)C. The van der Waals surface area contributed by atoms with Gasteiger partial charge < -0.3 is 10.4 Å². The summed E-state index contributed by atoms with van der Waals surface area (Å²) in [7, 11) is 0. The molecule has 2 unspecified atom stereocenters. The molecule has 0 aliphatic carbocycles. The molecule has 0 aromatic rings. The van der Waals surface area contributed by atoms with E-state index in [0.29, 0.717) is 18.7 Å². The van der Waals surface area contributed by atoms with Crippen LogP contribution in [0.1, 0.15) is 47.0 Å². The van der Waals surface area contributed by atoms with Crippen molar-refractivity contribution >= 4 is 0 Å². The number of aliphatic hydroxyl groups is 1. The summed E-state index contributed by atoms with van der Waals surface area (Å²) >= 11 is 0. The Morgan fingerprint density at radius 1 is 1.23 bits per heavy atom. The van der Waals surface area contributed by atoms with Crippen LogP contribution in [0, 0.1) is 5.92 Å². The maximum absolute atomic E-state index is 8.82. The van der Waals surface area contributed by atoms with Gasteiger partial charge in [0.15, 0.2) is 0 Å². The second-order valence-electron chi connectivity index (χ2n) is 4.31. The largest absolute Gasteiger partial charge is 0.396 e. The molecule has 0 saturated heterocycles. The molecule has 2 heteroatoms. The normalized spacial score (nSPS) is 16.2. The lowest BCUT2D eigenvalue weighted by atomic mass is 10.0. The molecule has 0 aliphatic rings. The molecule has 0 aromatic heterocycles. The van der Waals surface area contributed by atoms with E-state index in [2.05, 4.69) is 33.0 Å². The molecular weight excluding hydrogens is 162 g/mol. The van der Waals surface area contributed by atoms with Crippen molar-refractivity contribution in [2.75, 3.05) is 6.61 Å². The highest BCUT2D eigenvalue weighted by Crippen LogP contribution is 2.06. The zero-order valence-electron chi connectivity index (χ0n) is 9.51. The van der Waals surface area contributed by atoms with E-state index in [1.807, 2.05) is 0 Å². The Bertz CT molecular complexity index is 115. The minimum absolute atomic E-state index is 0.292. The predicted octanol–water partition coefficient (Wildman–Crippen LogP) is 2.17. The lowest BCUT2D eigenvalue weighted by Gasteiger charge is -2.22. The van der Waals surface area contributed by atoms with Crippen LogP contribution in [0.3, 0.4) is 0 Å². The second-order valence-corrected chi connectivity index (χ2v) is 4.31. The Labute approximate surface area is 82.7 Å². The Balaban J connectivity index is 3.65. The standard InChI is InChI=1S/C11H25NO/c1-5-11(6-7-13)12-10(4)8-9(2)3/h9-13H,5-8H2,1-4H3. The average molecular weight is 187 g/mol. The quantitative estimate of drug-likeness (QED) is 0.640. The van der Waals surface area contributed by atoms with Crippen molar-refractivity contribution in [1.29, 1.82) is 0 Å². The van der Waals surface area contributed by atoms with E-state index in [9.17, 15) is 0 Å². The molecule has 13 heavy (non-hydrogen) atoms. The maximum Gasteiger partial charge on any atom is 0.0445 e. The van der Waals surface area contributed by atoms with Gasteiger partial charge in [-0.3, -0.25) is 0 Å². The summed E-state index contributed by atoms with van der Waals surface area (Å²) in [6.07, 6.45) is 3.18. The smallest absolute Gasteiger partial charge is 0.0445 e. The number of aliphatic hydroxyl groups excluding tert-OH is 1. The predicted molar refractivity (Wildman–Crippen MR) is 57.8 cm³/mol. The molecule has 0 saturated carbocycles. The van der Waals surface area contributed by atoms with Gasteiger partial charge in [-0.05, 0) is 32.1 Å². The van der Waals surface area contributed by atoms with Crippen molar-refractivity contribution in [2.24, 2.45) is 5.92 Å². The maximum atomic E-state index is 8.82. The van der Waals surface area contributed by atoms with E-state index in [4.69, 9.17) is 5.11 Å². The lowest BCUT2D eigenvalue weighted by Crippen LogP contribution is -2.37. The molecule has 0 bridgehead atoms. The van der Waals surface area contributed by atoms with Gasteiger partial charge in [-0.2, -0.15) is 0 Å². The highest BCUT2D eigenvalue weighted by molar-refractivity contribution is 4.70. The summed E-state index contributed by atoms with van der Waals surface area (Å²) in [6.45, 7) is 9.16. The summed E-state index contributed by atoms with van der Waals surface area (Å²) < 4.78 is 0. The zero-order chi connectivity index (χ0) is 10.3. The van der Waals surface area contributed by atoms with Crippen molar-refractivity contribution in [3.8, 4) is 0 Å². The van der Waals surface area contributed by atoms with Gasteiger partial charge in [0.25, 0.3) is 0 Å². The number of nitrogens with one attached hydrogen (secondary N) is 1. The van der Waals surface area contributed by atoms with Gasteiger partial charge in [-0.25, -0.2) is 0 Å². The first-order valence-electron chi connectivity index (χ1n) is 5.47. The average Bonchev–Trinajstić information content (AvgIpc) is 2.02. The van der Waals surface area contributed by atoms with Gasteiger partial charge in [0.05, 0.1) is 0 Å². The fourth-order valence-electron chi connectivity index (χ4n) is 1.74. The fourth-order valence-corrected chi connectivity index (χ4v) is 1.74. The monoisotopic (exact) mass is 187 g/mol. The molecular formula is C11H25NO. The van der Waals surface area contributed by atoms with E-state index >= 15 is 0 Å². The molecule has 0 radical (unpaired) electrons. The van der Waals surface area contributed by atoms with Crippen LogP contribution in [0.15, 0.2) is 0 Å². The van der Waals surface area contributed by atoms with E-state index in [1.54, 1.807) is 0 Å². The van der Waals surface area contributed by atoms with Gasteiger partial charge in [0.2, 0.25) is 0 Å². The third-order valence-electron chi connectivity index (χ3n) is 2.32. The summed E-state index contributed by atoms with van der Waals surface area (Å²) in [6, 6.07) is 1.05. The van der Waals surface area contributed by atoms with Crippen molar-refractivity contribution in [2.45, 2.75) is 59.0 Å². The highest BCUT2D eigenvalue weighted by atomic mass is 16.3. The molecule has 0 aromatic carbocycles. The first-order valence-corrected chi connectivity index (χ1v) is 5.47. The Morgan fingerprint density at radius 2 is 1.85 bits per heavy atom. The second kappa shape index (κ2) is 7.34. The van der Waals surface area contributed by atoms with Gasteiger partial charge in [0, 0.05) is 18.7 Å². The fraction of sp³-hybridized carbons (Fsp3) is 1.00. The van der Waals surface area contributed by atoms with Crippen LogP contribution in [0.5, 0.6) is 0 Å². The molecule has 0 aliphatic heterocycles. The van der Waals surface area contributed by atoms with E-state index in [0.717, 1.165) is 18.8 Å². The van der Waals surface area contributed by atoms with Crippen molar-refractivity contribution < 1.29 is 5.11 Å². The van der Waals surface area contributed by atoms with Crippen LogP contribution < -0.4 is 5.32 Å². The van der Waals surface area contributed by atoms with Gasteiger partial charge in [-0.1, -0.05) is 20.8 Å². The molecule has 0 heterocycles. The van der Waals surface area contributed by atoms with Gasteiger partial charge in [-0.15, -0.1) is 0 Å². The van der Waals surface area contributed by atoms with Crippen molar-refractivity contribution in [3.63, 3.8) is 0 Å². The van der Waals surface area contributed by atoms with E-state index in [-0.39, 0.29) is 0 Å². The Hall–Kier alpha value is -0.0800. The minimum atomic E-state index is 0.292. The van der Waals surface area contributed by atoms with Crippen LogP contribution in [-0.2, 0) is 0 Å². The lowest BCUT2D eigenvalue weighted by molar-refractivity contribution is 0.253. The van der Waals surface area contributed by atoms with Crippen molar-refractivity contribution in [1.82, 2.24) is 5.32 Å². The minimum Gasteiger partial charge on any atom is -0.396 e. The van der Waals surface area contributed by atoms with Gasteiger partial charge in [0.1, 0.15) is 0 Å². The molecule has 0 amide bonds. The molecule has 2 N–H and O–H groups in total. The van der Waals surface area contributed by atoms with Crippen LogP contribution in [0.2, 0.25) is 0 Å². The van der Waals surface area contributed by atoms with E-state index < -0.39 is 0 Å². The van der Waals surface area contributed by atoms with Crippen LogP contribution in [0.4, 0.5) is 0 Å². The first-order chi connectivity index (χ1) is 6.10. The molecule has 80 valence electrons. The summed E-state index contributed by atoms with van der Waals surface area (Å²) in [5.41, 5.74) is 0. The number of hydrogen-bond donors (Lipinski definition) is 2. The molecule has 0 spiro atoms. The summed E-state index contributed by atoms with van der Waals surface area (Å²) in [5.74, 6) is 0.745. The zero-order valence-corrected chi connectivity index (χ0v) is 9.51. The number of rotatable bonds is 7. The van der Waals surface area contributed by atoms with E-state index in [1.165, 1.54) is 6.42 Å². The third kappa shape index (κ3) is 7.03. The molecule has 2 atom stereocenters. The van der Waals surface area contributed by atoms with Gasteiger partial charge >= 0.3 is 0 Å². The topological polar surface area (TPSA) is 32.3 Å². The molecule has 2 nitrogen and oxygen atoms in total. The summed E-state index contributed by atoms with van der Waals surface area (Å²) in [4.78, 5) is 0. The van der Waals surface area contributed by atoms with Crippen LogP contribution in [-0.4, -0.2) is 23.8 Å². The molecule has 0 rings (SSSR count). The number of hydrogen-bond acceptors (Lipinski definition) is 2. The van der Waals surface area contributed by atoms with Crippen LogP contribution >= 0.6 is 0 Å². The Kier molecular flexibility index (Phi) is 7.29. The molecule has 0 fully saturated rings. The first kappa shape index (κ1) is 12.9. The summed E-state index contributed by atoms with van der Waals surface area (Å²) in [5, 5.41) is 12.4. The Morgan fingerprint density at radius 3 is 2.23 bits per heavy atom. The van der Waals surface area contributed by atoms with Crippen LogP contribution in [0.25, 0.3) is 0 Å². The van der Waals surface area contributed by atoms with Crippen molar-refractivity contribution in [3.05, 3.63) is 0 Å².